The lowest BCUT2D eigenvalue weighted by molar-refractivity contribution is 0.181. The van der Waals surface area contributed by atoms with E-state index in [-0.39, 0.29) is 6.54 Å². The number of nitrogens with one attached hydrogen (secondary N) is 1. The van der Waals surface area contributed by atoms with E-state index in [0.29, 0.717) is 6.61 Å². The maximum absolute atomic E-state index is 11.0. The maximum atomic E-state index is 11.0. The molecule has 0 saturated carbocycles. The third kappa shape index (κ3) is 1.79. The number of H-pyrrole nitrogens is 1. The highest BCUT2D eigenvalue weighted by molar-refractivity contribution is 4.71. The van der Waals surface area contributed by atoms with E-state index >= 15 is 0 Å². The van der Waals surface area contributed by atoms with Crippen molar-refractivity contribution in [3.8, 4) is 0 Å². The van der Waals surface area contributed by atoms with Crippen LogP contribution >= 0.6 is 0 Å². The van der Waals surface area contributed by atoms with Crippen molar-refractivity contribution in [2.24, 2.45) is 0 Å². The summed E-state index contributed by atoms with van der Waals surface area (Å²) >= 11 is 0. The minimum absolute atomic E-state index is 0.260. The summed E-state index contributed by atoms with van der Waals surface area (Å²) in [6.45, 7) is 0.597. The Hall–Kier alpha value is -1.43. The molecular weight excluding hydrogens is 162 g/mol. The molecule has 0 unspecified atom stereocenters. The van der Waals surface area contributed by atoms with Gasteiger partial charge in [0, 0.05) is 7.11 Å². The Morgan fingerprint density at radius 2 is 2.42 bits per heavy atom. The van der Waals surface area contributed by atoms with Crippen LogP contribution in [0.5, 0.6) is 0 Å². The third-order valence-corrected chi connectivity index (χ3v) is 1.28. The van der Waals surface area contributed by atoms with Gasteiger partial charge in [-0.25, -0.2) is 4.68 Å². The monoisotopic (exact) mass is 170 g/mol. The molecular formula is C6H8N3O3. The Balaban J connectivity index is 2.93. The third-order valence-electron chi connectivity index (χ3n) is 1.28. The summed E-state index contributed by atoms with van der Waals surface area (Å²) in [5, 5.41) is 3.52. The fourth-order valence-corrected chi connectivity index (χ4v) is 0.682. The van der Waals surface area contributed by atoms with Crippen LogP contribution in [0.3, 0.4) is 0 Å². The van der Waals surface area contributed by atoms with Crippen molar-refractivity contribution in [1.29, 1.82) is 0 Å². The normalized spacial score (nSPS) is 10.1. The summed E-state index contributed by atoms with van der Waals surface area (Å²) in [7, 11) is 1.50. The van der Waals surface area contributed by atoms with Gasteiger partial charge in [-0.2, -0.15) is 0 Å². The summed E-state index contributed by atoms with van der Waals surface area (Å²) in [4.78, 5) is 23.7. The second kappa shape index (κ2) is 3.82. The molecule has 12 heavy (non-hydrogen) atoms. The van der Waals surface area contributed by atoms with Crippen LogP contribution in [0.15, 0.2) is 9.59 Å². The minimum atomic E-state index is -0.721. The van der Waals surface area contributed by atoms with E-state index in [1.54, 1.807) is 0 Å². The number of rotatable bonds is 3. The van der Waals surface area contributed by atoms with Crippen LogP contribution in [0.2, 0.25) is 0 Å². The molecule has 0 aliphatic carbocycles. The molecule has 65 valence electrons. The van der Waals surface area contributed by atoms with Crippen LogP contribution in [-0.4, -0.2) is 28.5 Å². The molecule has 0 aliphatic rings. The second-order valence-corrected chi connectivity index (χ2v) is 2.09. The van der Waals surface area contributed by atoms with E-state index in [0.717, 1.165) is 4.68 Å². The lowest BCUT2D eigenvalue weighted by atomic mass is 10.6. The van der Waals surface area contributed by atoms with E-state index in [4.69, 9.17) is 4.74 Å². The van der Waals surface area contributed by atoms with Crippen LogP contribution in [0, 0.1) is 6.33 Å². The summed E-state index contributed by atoms with van der Waals surface area (Å²) in [6.07, 6.45) is 2.20. The molecule has 6 nitrogen and oxygen atoms in total. The maximum Gasteiger partial charge on any atom is 0.332 e. The van der Waals surface area contributed by atoms with Crippen molar-refractivity contribution in [2.45, 2.75) is 6.54 Å². The molecule has 0 bridgehead atoms. The van der Waals surface area contributed by atoms with Gasteiger partial charge in [0.1, 0.15) is 0 Å². The molecule has 0 amide bonds. The zero-order valence-electron chi connectivity index (χ0n) is 6.53. The Labute approximate surface area is 67.8 Å². The number of hydrogen-bond donors (Lipinski definition) is 1. The molecule has 1 aromatic heterocycles. The van der Waals surface area contributed by atoms with Crippen molar-refractivity contribution >= 4 is 0 Å². The van der Waals surface area contributed by atoms with Crippen molar-refractivity contribution in [2.75, 3.05) is 13.7 Å². The largest absolute Gasteiger partial charge is 0.383 e. The van der Waals surface area contributed by atoms with Crippen LogP contribution < -0.4 is 11.1 Å². The topological polar surface area (TPSA) is 77.0 Å². The standard InChI is InChI=1S/C6H8N3O3/c1-12-3-2-9-6(11)5(10)7-4-8-9/h2-3H2,1H3,(H,7,8,10). The number of methoxy groups -OCH3 is 1. The van der Waals surface area contributed by atoms with E-state index in [9.17, 15) is 9.59 Å². The van der Waals surface area contributed by atoms with Crippen molar-refractivity contribution < 1.29 is 4.74 Å². The highest BCUT2D eigenvalue weighted by Crippen LogP contribution is 1.71. The molecule has 1 N–H and O–H groups in total. The molecule has 0 aliphatic heterocycles. The number of nitrogens with zero attached hydrogens (tertiary/aromatic N) is 2. The Bertz CT molecular complexity index is 354. The molecule has 1 aromatic rings. The van der Waals surface area contributed by atoms with Crippen LogP contribution in [0.25, 0.3) is 0 Å². The first-order valence-corrected chi connectivity index (χ1v) is 3.32. The predicted octanol–water partition coefficient (Wildman–Crippen LogP) is -1.62. The highest BCUT2D eigenvalue weighted by atomic mass is 16.5. The Morgan fingerprint density at radius 1 is 1.67 bits per heavy atom. The van der Waals surface area contributed by atoms with E-state index in [1.807, 2.05) is 0 Å². The molecule has 0 fully saturated rings. The number of aromatic nitrogens is 3. The number of hydrogen-bond acceptors (Lipinski definition) is 4. The van der Waals surface area contributed by atoms with Gasteiger partial charge in [0.15, 0.2) is 6.33 Å². The molecule has 0 atom stereocenters. The van der Waals surface area contributed by atoms with Gasteiger partial charge >= 0.3 is 11.1 Å². The second-order valence-electron chi connectivity index (χ2n) is 2.09. The molecule has 1 rings (SSSR count). The lowest BCUT2D eigenvalue weighted by Crippen LogP contribution is -2.38. The first-order valence-electron chi connectivity index (χ1n) is 3.32. The Kier molecular flexibility index (Phi) is 2.76. The zero-order chi connectivity index (χ0) is 8.97. The zero-order valence-corrected chi connectivity index (χ0v) is 6.53. The summed E-state index contributed by atoms with van der Waals surface area (Å²) < 4.78 is 5.72. The van der Waals surface area contributed by atoms with E-state index in [1.165, 1.54) is 7.11 Å². The first kappa shape index (κ1) is 8.66. The molecule has 6 heteroatoms. The summed E-state index contributed by atoms with van der Waals surface area (Å²) in [5.74, 6) is 0. The SMILES string of the molecule is COCCn1n[c][nH]c(=O)c1=O. The summed E-state index contributed by atoms with van der Waals surface area (Å²) in [6, 6.07) is 0. The van der Waals surface area contributed by atoms with Gasteiger partial charge in [-0.1, -0.05) is 0 Å². The van der Waals surface area contributed by atoms with Crippen molar-refractivity contribution in [1.82, 2.24) is 14.8 Å². The number of aromatic amines is 1. The molecule has 0 saturated heterocycles. The van der Waals surface area contributed by atoms with Gasteiger partial charge in [-0.15, -0.1) is 5.10 Å². The van der Waals surface area contributed by atoms with Gasteiger partial charge in [-0.05, 0) is 0 Å². The quantitative estimate of drug-likeness (QED) is 0.553. The van der Waals surface area contributed by atoms with Crippen LogP contribution in [-0.2, 0) is 11.3 Å². The average molecular weight is 170 g/mol. The van der Waals surface area contributed by atoms with Gasteiger partial charge in [-0.3, -0.25) is 14.6 Å². The van der Waals surface area contributed by atoms with Gasteiger partial charge in [0.2, 0.25) is 0 Å². The fraction of sp³-hybridized carbons (Fsp3) is 0.500. The number of ether oxygens (including phenoxy) is 1. The molecule has 0 spiro atoms. The van der Waals surface area contributed by atoms with Crippen LogP contribution in [0.4, 0.5) is 0 Å². The van der Waals surface area contributed by atoms with E-state index < -0.39 is 11.1 Å². The van der Waals surface area contributed by atoms with E-state index in [2.05, 4.69) is 16.4 Å². The average Bonchev–Trinajstić information content (AvgIpc) is 2.08. The Morgan fingerprint density at radius 3 is 3.08 bits per heavy atom. The van der Waals surface area contributed by atoms with Gasteiger partial charge in [0.25, 0.3) is 0 Å². The molecule has 1 heterocycles. The van der Waals surface area contributed by atoms with Crippen LogP contribution in [0.1, 0.15) is 0 Å². The van der Waals surface area contributed by atoms with Crippen molar-refractivity contribution in [3.63, 3.8) is 0 Å². The van der Waals surface area contributed by atoms with Gasteiger partial charge < -0.3 is 4.74 Å². The first-order chi connectivity index (χ1) is 5.75. The predicted molar refractivity (Wildman–Crippen MR) is 39.8 cm³/mol. The van der Waals surface area contributed by atoms with Gasteiger partial charge in [0.05, 0.1) is 13.2 Å². The highest BCUT2D eigenvalue weighted by Gasteiger charge is 1.99. The van der Waals surface area contributed by atoms with Crippen molar-refractivity contribution in [3.05, 3.63) is 27.0 Å². The fourth-order valence-electron chi connectivity index (χ4n) is 0.682. The molecule has 1 radical (unpaired) electrons. The summed E-state index contributed by atoms with van der Waals surface area (Å²) in [5.41, 5.74) is -1.41. The lowest BCUT2D eigenvalue weighted by Gasteiger charge is -1.99. The molecule has 0 aromatic carbocycles. The minimum Gasteiger partial charge on any atom is -0.383 e. The smallest absolute Gasteiger partial charge is 0.332 e.